The van der Waals surface area contributed by atoms with E-state index in [0.717, 1.165) is 11.3 Å². The van der Waals surface area contributed by atoms with Gasteiger partial charge in [-0.25, -0.2) is 0 Å². The Morgan fingerprint density at radius 1 is 1.27 bits per heavy atom. The fraction of sp³-hybridized carbons (Fsp3) is 0.350. The van der Waals surface area contributed by atoms with Gasteiger partial charge in [-0.1, -0.05) is 24.3 Å². The highest BCUT2D eigenvalue weighted by atomic mass is 16.5. The average Bonchev–Trinajstić information content (AvgIpc) is 2.67. The number of phenolic OH excluding ortho intramolecular Hbond substituents is 1. The monoisotopic (exact) mass is 357 g/mol. The Kier molecular flexibility index (Phi) is 5.96. The summed E-state index contributed by atoms with van der Waals surface area (Å²) in [5.41, 5.74) is 1.11. The van der Waals surface area contributed by atoms with Crippen molar-refractivity contribution in [3.63, 3.8) is 0 Å². The summed E-state index contributed by atoms with van der Waals surface area (Å²) in [6.45, 7) is 1.44. The number of rotatable bonds is 6. The second kappa shape index (κ2) is 8.58. The molecule has 0 bridgehead atoms. The summed E-state index contributed by atoms with van der Waals surface area (Å²) in [6.07, 6.45) is 0.645. The number of benzene rings is 2. The molecule has 1 heterocycles. The number of phenols is 1. The summed E-state index contributed by atoms with van der Waals surface area (Å²) in [6, 6.07) is 14.5. The van der Waals surface area contributed by atoms with Crippen molar-refractivity contribution in [2.24, 2.45) is 0 Å². The van der Waals surface area contributed by atoms with Gasteiger partial charge >= 0.3 is 0 Å². The smallest absolute Gasteiger partial charge is 0.260 e. The minimum absolute atomic E-state index is 0.0261. The first-order chi connectivity index (χ1) is 12.7. The molecule has 0 aliphatic carbocycles. The molecule has 1 amide bonds. The van der Waals surface area contributed by atoms with E-state index in [1.165, 1.54) is 6.07 Å². The zero-order valence-electron chi connectivity index (χ0n) is 14.8. The van der Waals surface area contributed by atoms with E-state index in [4.69, 9.17) is 14.2 Å². The van der Waals surface area contributed by atoms with Gasteiger partial charge < -0.3 is 24.2 Å². The molecule has 26 heavy (non-hydrogen) atoms. The molecule has 2 aromatic rings. The Balaban J connectivity index is 1.54. The standard InChI is InChI=1S/C20H23NO5/c1-24-16-6-4-5-15(11-16)12-17-13-21(9-10-25-17)20(23)14-26-19-8-3-2-7-18(19)22/h2-8,11,17,22H,9-10,12-14H2,1H3/t17-/m0/s1. The number of aromatic hydroxyl groups is 1. The lowest BCUT2D eigenvalue weighted by Gasteiger charge is -2.33. The largest absolute Gasteiger partial charge is 0.504 e. The number of amides is 1. The fourth-order valence-corrected chi connectivity index (χ4v) is 2.94. The number of morpholine rings is 1. The number of nitrogens with zero attached hydrogens (tertiary/aromatic N) is 1. The highest BCUT2D eigenvalue weighted by Gasteiger charge is 2.25. The first kappa shape index (κ1) is 18.1. The maximum absolute atomic E-state index is 12.4. The molecule has 6 nitrogen and oxygen atoms in total. The van der Waals surface area contributed by atoms with E-state index in [0.29, 0.717) is 31.9 Å². The predicted octanol–water partition coefficient (Wildman–Crippen LogP) is 2.25. The maximum atomic E-state index is 12.4. The van der Waals surface area contributed by atoms with Crippen molar-refractivity contribution in [3.05, 3.63) is 54.1 Å². The van der Waals surface area contributed by atoms with Crippen LogP contribution in [-0.2, 0) is 16.0 Å². The van der Waals surface area contributed by atoms with Gasteiger partial charge in [-0.3, -0.25) is 4.79 Å². The molecule has 0 saturated carbocycles. The van der Waals surface area contributed by atoms with Crippen LogP contribution >= 0.6 is 0 Å². The van der Waals surface area contributed by atoms with Gasteiger partial charge in [0.15, 0.2) is 18.1 Å². The molecule has 2 aromatic carbocycles. The molecule has 0 aromatic heterocycles. The quantitative estimate of drug-likeness (QED) is 0.859. The zero-order valence-corrected chi connectivity index (χ0v) is 14.8. The van der Waals surface area contributed by atoms with Crippen LogP contribution in [0, 0.1) is 0 Å². The van der Waals surface area contributed by atoms with E-state index in [1.54, 1.807) is 30.2 Å². The average molecular weight is 357 g/mol. The SMILES string of the molecule is COc1cccc(C[C@H]2CN(C(=O)COc3ccccc3O)CCO2)c1. The van der Waals surface area contributed by atoms with E-state index < -0.39 is 0 Å². The Morgan fingerprint density at radius 2 is 2.12 bits per heavy atom. The molecule has 138 valence electrons. The number of para-hydroxylation sites is 2. The Labute approximate surface area is 152 Å². The van der Waals surface area contributed by atoms with E-state index in [2.05, 4.69) is 0 Å². The molecule has 1 atom stereocenters. The highest BCUT2D eigenvalue weighted by Crippen LogP contribution is 2.24. The van der Waals surface area contributed by atoms with Gasteiger partial charge in [0.1, 0.15) is 5.75 Å². The molecular formula is C20H23NO5. The molecule has 1 aliphatic rings. The van der Waals surface area contributed by atoms with Crippen molar-refractivity contribution in [3.8, 4) is 17.2 Å². The normalized spacial score (nSPS) is 17.0. The van der Waals surface area contributed by atoms with Gasteiger partial charge in [0, 0.05) is 19.5 Å². The number of hydrogen-bond donors (Lipinski definition) is 1. The van der Waals surface area contributed by atoms with Crippen LogP contribution in [-0.4, -0.2) is 55.4 Å². The summed E-state index contributed by atoms with van der Waals surface area (Å²) in [5.74, 6) is 1.02. The van der Waals surface area contributed by atoms with Crippen LogP contribution in [0.2, 0.25) is 0 Å². The molecule has 6 heteroatoms. The van der Waals surface area contributed by atoms with Crippen LogP contribution in [0.3, 0.4) is 0 Å². The summed E-state index contributed by atoms with van der Waals surface area (Å²) in [7, 11) is 1.64. The van der Waals surface area contributed by atoms with Gasteiger partial charge in [0.25, 0.3) is 5.91 Å². The van der Waals surface area contributed by atoms with Crippen molar-refractivity contribution in [1.29, 1.82) is 0 Å². The van der Waals surface area contributed by atoms with E-state index in [1.807, 2.05) is 24.3 Å². The van der Waals surface area contributed by atoms with Crippen LogP contribution in [0.1, 0.15) is 5.56 Å². The van der Waals surface area contributed by atoms with Crippen molar-refractivity contribution >= 4 is 5.91 Å². The molecule has 1 fully saturated rings. The van der Waals surface area contributed by atoms with Gasteiger partial charge in [-0.2, -0.15) is 0 Å². The number of methoxy groups -OCH3 is 1. The topological polar surface area (TPSA) is 68.2 Å². The summed E-state index contributed by atoms with van der Waals surface area (Å²) in [4.78, 5) is 14.2. The highest BCUT2D eigenvalue weighted by molar-refractivity contribution is 5.78. The molecule has 0 unspecified atom stereocenters. The van der Waals surface area contributed by atoms with Crippen molar-refractivity contribution in [1.82, 2.24) is 4.90 Å². The van der Waals surface area contributed by atoms with Crippen LogP contribution in [0.4, 0.5) is 0 Å². The van der Waals surface area contributed by atoms with Crippen LogP contribution < -0.4 is 9.47 Å². The van der Waals surface area contributed by atoms with Crippen LogP contribution in [0.25, 0.3) is 0 Å². The molecule has 3 rings (SSSR count). The van der Waals surface area contributed by atoms with Gasteiger partial charge in [-0.15, -0.1) is 0 Å². The van der Waals surface area contributed by atoms with Crippen LogP contribution in [0.15, 0.2) is 48.5 Å². The lowest BCUT2D eigenvalue weighted by atomic mass is 10.1. The molecule has 1 saturated heterocycles. The third kappa shape index (κ3) is 4.67. The van der Waals surface area contributed by atoms with Gasteiger partial charge in [0.05, 0.1) is 19.8 Å². The third-order valence-corrected chi connectivity index (χ3v) is 4.31. The van der Waals surface area contributed by atoms with Crippen molar-refractivity contribution in [2.75, 3.05) is 33.4 Å². The Morgan fingerprint density at radius 3 is 2.92 bits per heavy atom. The molecule has 0 radical (unpaired) electrons. The lowest BCUT2D eigenvalue weighted by molar-refractivity contribution is -0.140. The molecular weight excluding hydrogens is 334 g/mol. The minimum atomic E-state index is -0.118. The minimum Gasteiger partial charge on any atom is -0.504 e. The Hall–Kier alpha value is -2.73. The van der Waals surface area contributed by atoms with Gasteiger partial charge in [0.2, 0.25) is 0 Å². The molecule has 0 spiro atoms. The maximum Gasteiger partial charge on any atom is 0.260 e. The number of ether oxygens (including phenoxy) is 3. The number of hydrogen-bond acceptors (Lipinski definition) is 5. The summed E-state index contributed by atoms with van der Waals surface area (Å²) < 4.78 is 16.5. The number of carbonyl (C=O) groups excluding carboxylic acids is 1. The second-order valence-electron chi connectivity index (χ2n) is 6.14. The van der Waals surface area contributed by atoms with E-state index in [9.17, 15) is 9.90 Å². The van der Waals surface area contributed by atoms with Crippen molar-refractivity contribution < 1.29 is 24.1 Å². The fourth-order valence-electron chi connectivity index (χ4n) is 2.94. The van der Waals surface area contributed by atoms with Gasteiger partial charge in [-0.05, 0) is 29.8 Å². The zero-order chi connectivity index (χ0) is 18.4. The molecule has 1 N–H and O–H groups in total. The first-order valence-electron chi connectivity index (χ1n) is 8.59. The van der Waals surface area contributed by atoms with Crippen LogP contribution in [0.5, 0.6) is 17.2 Å². The van der Waals surface area contributed by atoms with Crippen molar-refractivity contribution in [2.45, 2.75) is 12.5 Å². The van der Waals surface area contributed by atoms with E-state index in [-0.39, 0.29) is 24.4 Å². The molecule has 1 aliphatic heterocycles. The predicted molar refractivity (Wildman–Crippen MR) is 96.6 cm³/mol. The first-order valence-corrected chi connectivity index (χ1v) is 8.59. The Bertz CT molecular complexity index is 748. The summed E-state index contributed by atoms with van der Waals surface area (Å²) in [5, 5.41) is 9.70. The van der Waals surface area contributed by atoms with E-state index >= 15 is 0 Å². The third-order valence-electron chi connectivity index (χ3n) is 4.31. The second-order valence-corrected chi connectivity index (χ2v) is 6.14. The number of carbonyl (C=O) groups is 1. The lowest BCUT2D eigenvalue weighted by Crippen LogP contribution is -2.47. The summed E-state index contributed by atoms with van der Waals surface area (Å²) >= 11 is 0.